The van der Waals surface area contributed by atoms with E-state index < -0.39 is 23.4 Å². The summed E-state index contributed by atoms with van der Waals surface area (Å²) in [6.07, 6.45) is 8.75. The van der Waals surface area contributed by atoms with Crippen LogP contribution in [-0.4, -0.2) is 44.2 Å². The van der Waals surface area contributed by atoms with Crippen LogP contribution in [-0.2, 0) is 15.0 Å². The molecule has 40 heavy (non-hydrogen) atoms. The molecule has 7 nitrogen and oxygen atoms in total. The summed E-state index contributed by atoms with van der Waals surface area (Å²) >= 11 is 1.48. The summed E-state index contributed by atoms with van der Waals surface area (Å²) in [5.74, 6) is -1.12. The molecular formula is C32H43NO6S. The van der Waals surface area contributed by atoms with E-state index in [1.807, 2.05) is 6.92 Å². The molecule has 1 aromatic carbocycles. The van der Waals surface area contributed by atoms with Gasteiger partial charge < -0.3 is 26.2 Å². The second kappa shape index (κ2) is 8.43. The molecule has 4 fully saturated rings. The van der Waals surface area contributed by atoms with Gasteiger partial charge in [-0.3, -0.25) is 9.59 Å². The Balaban J connectivity index is 1.48. The maximum Gasteiger partial charge on any atom is 0.321 e. The van der Waals surface area contributed by atoms with E-state index in [0.29, 0.717) is 17.4 Å². The molecule has 1 aromatic rings. The predicted molar refractivity (Wildman–Crippen MR) is 154 cm³/mol. The van der Waals surface area contributed by atoms with Gasteiger partial charge in [0, 0.05) is 16.4 Å². The first kappa shape index (κ1) is 28.0. The van der Waals surface area contributed by atoms with E-state index in [1.54, 1.807) is 6.07 Å². The van der Waals surface area contributed by atoms with Crippen LogP contribution in [0.2, 0.25) is 0 Å². The number of hydrogen-bond donors (Lipinski definition) is 5. The van der Waals surface area contributed by atoms with Gasteiger partial charge in [-0.25, -0.2) is 0 Å². The Bertz CT molecular complexity index is 1360. The number of carboxylic acid groups (broad SMARTS) is 2. The molecule has 0 radical (unpaired) electrons. The Morgan fingerprint density at radius 3 is 2.40 bits per heavy atom. The van der Waals surface area contributed by atoms with Crippen molar-refractivity contribution in [2.75, 3.05) is 5.75 Å². The van der Waals surface area contributed by atoms with Crippen molar-refractivity contribution in [2.45, 2.75) is 96.3 Å². The van der Waals surface area contributed by atoms with Crippen LogP contribution in [0.25, 0.3) is 0 Å². The summed E-state index contributed by atoms with van der Waals surface area (Å²) in [6, 6.07) is 0.720. The monoisotopic (exact) mass is 569 g/mol. The second-order valence-corrected chi connectivity index (χ2v) is 15.8. The number of aromatic hydroxyl groups is 2. The van der Waals surface area contributed by atoms with Gasteiger partial charge in [0.05, 0.1) is 5.41 Å². The Morgan fingerprint density at radius 2 is 1.75 bits per heavy atom. The van der Waals surface area contributed by atoms with Crippen molar-refractivity contribution in [1.82, 2.24) is 0 Å². The lowest BCUT2D eigenvalue weighted by Crippen LogP contribution is -2.62. The molecule has 6 rings (SSSR count). The summed E-state index contributed by atoms with van der Waals surface area (Å²) < 4.78 is 0. The molecule has 0 heterocycles. The summed E-state index contributed by atoms with van der Waals surface area (Å²) in [7, 11) is 0. The van der Waals surface area contributed by atoms with Crippen LogP contribution in [0, 0.1) is 40.4 Å². The van der Waals surface area contributed by atoms with Crippen molar-refractivity contribution in [3.63, 3.8) is 0 Å². The highest BCUT2D eigenvalue weighted by atomic mass is 32.2. The number of benzene rings is 1. The Kier molecular flexibility index (Phi) is 5.89. The molecule has 2 unspecified atom stereocenters. The molecular weight excluding hydrogens is 526 g/mol. The number of thioether (sulfide) groups is 1. The Labute approximate surface area is 240 Å². The highest BCUT2D eigenvalue weighted by Gasteiger charge is 2.73. The average Bonchev–Trinajstić information content (AvgIpc) is 3.61. The van der Waals surface area contributed by atoms with Crippen LogP contribution in [0.5, 0.6) is 11.5 Å². The number of aliphatic carboxylic acids is 2. The quantitative estimate of drug-likeness (QED) is 0.218. The van der Waals surface area contributed by atoms with Crippen molar-refractivity contribution in [2.24, 2.45) is 39.2 Å². The minimum absolute atomic E-state index is 0.0977. The van der Waals surface area contributed by atoms with Crippen LogP contribution in [0.1, 0.15) is 94.6 Å². The van der Waals surface area contributed by atoms with E-state index in [4.69, 9.17) is 5.73 Å². The maximum atomic E-state index is 12.5. The number of phenols is 2. The summed E-state index contributed by atoms with van der Waals surface area (Å²) in [5, 5.41) is 40.9. The van der Waals surface area contributed by atoms with Crippen molar-refractivity contribution < 1.29 is 30.0 Å². The van der Waals surface area contributed by atoms with Crippen LogP contribution in [0.3, 0.4) is 0 Å². The first-order valence-electron chi connectivity index (χ1n) is 14.7. The number of fused-ring (bicyclic) bond motifs is 8. The molecule has 0 aliphatic heterocycles. The number of nitrogens with two attached hydrogens (primary N) is 1. The van der Waals surface area contributed by atoms with Gasteiger partial charge >= 0.3 is 11.9 Å². The number of phenolic OH excluding ortho intramolecular Hbond substituents is 2. The molecule has 4 saturated carbocycles. The van der Waals surface area contributed by atoms with Gasteiger partial charge in [0.1, 0.15) is 6.04 Å². The molecule has 0 saturated heterocycles. The molecule has 5 aliphatic rings. The lowest BCUT2D eigenvalue weighted by molar-refractivity contribution is -0.165. The largest absolute Gasteiger partial charge is 0.504 e. The van der Waals surface area contributed by atoms with Gasteiger partial charge in [-0.2, -0.15) is 0 Å². The Morgan fingerprint density at radius 1 is 1.05 bits per heavy atom. The first-order valence-corrected chi connectivity index (χ1v) is 15.7. The molecule has 0 bridgehead atoms. The van der Waals surface area contributed by atoms with Gasteiger partial charge in [-0.1, -0.05) is 39.3 Å². The van der Waals surface area contributed by atoms with Crippen molar-refractivity contribution in [3.8, 4) is 11.5 Å². The van der Waals surface area contributed by atoms with Gasteiger partial charge in [0.2, 0.25) is 0 Å². The highest BCUT2D eigenvalue weighted by Crippen LogP contribution is 2.79. The van der Waals surface area contributed by atoms with Crippen LogP contribution in [0.15, 0.2) is 17.7 Å². The van der Waals surface area contributed by atoms with Crippen molar-refractivity contribution >= 4 is 23.7 Å². The maximum absolute atomic E-state index is 12.5. The standard InChI is InChI=1S/C32H43NO6S/c1-16-24-18(10-20(34)25(16)35)29(3)7-9-31(5)23-14-32(27(38)39)13-17(32)12-28(23,2)6-8-30(31,4)22(29)11-21(24)40-15-19(33)26(36)37/h10-11,17,19,21,23,34-35H,6-9,12-15,33H2,1-5H3,(H,36,37)(H,38,39)/t17?,19-,21?,23-,28+,29+,30-,31+,32+/m1/s1. The molecule has 5 aliphatic carbocycles. The minimum Gasteiger partial charge on any atom is -0.504 e. The number of carboxylic acids is 2. The van der Waals surface area contributed by atoms with E-state index >= 15 is 0 Å². The van der Waals surface area contributed by atoms with E-state index in [2.05, 4.69) is 33.8 Å². The zero-order chi connectivity index (χ0) is 29.2. The van der Waals surface area contributed by atoms with E-state index in [0.717, 1.165) is 56.1 Å². The molecule has 218 valence electrons. The third kappa shape index (κ3) is 3.41. The van der Waals surface area contributed by atoms with E-state index in [9.17, 15) is 30.0 Å². The molecule has 8 heteroatoms. The molecule has 0 aromatic heterocycles. The van der Waals surface area contributed by atoms with Crippen molar-refractivity contribution in [3.05, 3.63) is 34.4 Å². The van der Waals surface area contributed by atoms with E-state index in [1.165, 1.54) is 17.3 Å². The Hall–Kier alpha value is -2.19. The third-order valence-corrected chi connectivity index (χ3v) is 14.2. The second-order valence-electron chi connectivity index (χ2n) is 14.7. The third-order valence-electron chi connectivity index (χ3n) is 12.9. The number of hydrogen-bond acceptors (Lipinski definition) is 6. The fourth-order valence-corrected chi connectivity index (χ4v) is 11.4. The van der Waals surface area contributed by atoms with Crippen LogP contribution < -0.4 is 5.73 Å². The molecule has 0 spiro atoms. The van der Waals surface area contributed by atoms with E-state index in [-0.39, 0.29) is 44.2 Å². The summed E-state index contributed by atoms with van der Waals surface area (Å²) in [4.78, 5) is 24.0. The smallest absolute Gasteiger partial charge is 0.321 e. The fraction of sp³-hybridized carbons (Fsp3) is 0.688. The van der Waals surface area contributed by atoms with Gasteiger partial charge in [0.15, 0.2) is 11.5 Å². The van der Waals surface area contributed by atoms with Gasteiger partial charge in [-0.15, -0.1) is 11.8 Å². The summed E-state index contributed by atoms with van der Waals surface area (Å²) in [6.45, 7) is 11.3. The van der Waals surface area contributed by atoms with Crippen molar-refractivity contribution in [1.29, 1.82) is 0 Å². The van der Waals surface area contributed by atoms with Gasteiger partial charge in [0.25, 0.3) is 0 Å². The van der Waals surface area contributed by atoms with Crippen LogP contribution >= 0.6 is 11.8 Å². The molecule has 0 amide bonds. The summed E-state index contributed by atoms with van der Waals surface area (Å²) in [5.41, 5.74) is 8.71. The topological polar surface area (TPSA) is 141 Å². The molecule has 6 N–H and O–H groups in total. The zero-order valence-electron chi connectivity index (χ0n) is 24.2. The number of allylic oxidation sites excluding steroid dienone is 1. The number of rotatable bonds is 5. The normalized spacial score (nSPS) is 43.6. The number of carbonyl (C=O) groups is 2. The highest BCUT2D eigenvalue weighted by molar-refractivity contribution is 7.99. The molecule has 9 atom stereocenters. The lowest BCUT2D eigenvalue weighted by Gasteiger charge is -2.69. The minimum atomic E-state index is -1.04. The zero-order valence-corrected chi connectivity index (χ0v) is 25.0. The fourth-order valence-electron chi connectivity index (χ4n) is 10.1. The predicted octanol–water partition coefficient (Wildman–Crippen LogP) is 5.90. The first-order chi connectivity index (χ1) is 18.5. The van der Waals surface area contributed by atoms with Crippen LogP contribution in [0.4, 0.5) is 0 Å². The lowest BCUT2D eigenvalue weighted by atomic mass is 9.35. The average molecular weight is 570 g/mol. The SMILES string of the molecule is Cc1c(O)c(O)cc2c1C(SC[C@@H](N)C(=O)O)C=C1[C@@]2(C)CC[C@@]2(C)[C@@H]3C[C@@]4(C(=O)O)CC4C[C@]3(C)CC[C@]12C. The van der Waals surface area contributed by atoms with Gasteiger partial charge in [-0.05, 0) is 103 Å².